The standard InChI is InChI=1S/C15H19N3O2/c16-14(19)9-1-3-10(4-2-9)15(20)18-13-7-11-5-6-12(8-13)17-11/h1-4,11-13,17H,5-8H2,(H2,16,19)(H,18,20). The smallest absolute Gasteiger partial charge is 0.251 e. The fourth-order valence-electron chi connectivity index (χ4n) is 3.23. The molecule has 0 spiro atoms. The van der Waals surface area contributed by atoms with E-state index in [1.165, 1.54) is 12.8 Å². The number of carbonyl (C=O) groups is 2. The molecule has 20 heavy (non-hydrogen) atoms. The van der Waals surface area contributed by atoms with Crippen LogP contribution in [0, 0.1) is 0 Å². The summed E-state index contributed by atoms with van der Waals surface area (Å²) in [5.41, 5.74) is 6.17. The van der Waals surface area contributed by atoms with Gasteiger partial charge in [0, 0.05) is 29.3 Å². The number of benzene rings is 1. The Morgan fingerprint density at radius 3 is 2.15 bits per heavy atom. The minimum Gasteiger partial charge on any atom is -0.366 e. The van der Waals surface area contributed by atoms with Crippen molar-refractivity contribution in [2.24, 2.45) is 5.73 Å². The lowest BCUT2D eigenvalue weighted by molar-refractivity contribution is 0.0922. The van der Waals surface area contributed by atoms with Gasteiger partial charge in [0.2, 0.25) is 5.91 Å². The molecule has 5 heteroatoms. The molecule has 2 saturated heterocycles. The molecule has 2 fully saturated rings. The van der Waals surface area contributed by atoms with E-state index in [1.54, 1.807) is 24.3 Å². The average Bonchev–Trinajstić information content (AvgIpc) is 2.78. The van der Waals surface area contributed by atoms with Gasteiger partial charge in [-0.2, -0.15) is 0 Å². The quantitative estimate of drug-likeness (QED) is 0.761. The SMILES string of the molecule is NC(=O)c1ccc(C(=O)NC2CC3CCC(C2)N3)cc1. The summed E-state index contributed by atoms with van der Waals surface area (Å²) in [6, 6.07) is 7.81. The number of hydrogen-bond donors (Lipinski definition) is 3. The predicted octanol–water partition coefficient (Wildman–Crippen LogP) is 0.798. The first-order valence-corrected chi connectivity index (χ1v) is 7.08. The Bertz CT molecular complexity index is 514. The van der Waals surface area contributed by atoms with Crippen LogP contribution in [-0.4, -0.2) is 29.9 Å². The van der Waals surface area contributed by atoms with Crippen LogP contribution in [0.2, 0.25) is 0 Å². The highest BCUT2D eigenvalue weighted by Crippen LogP contribution is 2.26. The zero-order valence-corrected chi connectivity index (χ0v) is 11.3. The van der Waals surface area contributed by atoms with E-state index in [0.717, 1.165) is 12.8 Å². The molecule has 0 saturated carbocycles. The second kappa shape index (κ2) is 5.25. The van der Waals surface area contributed by atoms with E-state index in [4.69, 9.17) is 5.73 Å². The first-order valence-electron chi connectivity index (χ1n) is 7.08. The first kappa shape index (κ1) is 13.1. The van der Waals surface area contributed by atoms with Gasteiger partial charge in [-0.25, -0.2) is 0 Å². The molecule has 4 N–H and O–H groups in total. The first-order chi connectivity index (χ1) is 9.61. The van der Waals surface area contributed by atoms with Crippen molar-refractivity contribution in [3.63, 3.8) is 0 Å². The van der Waals surface area contributed by atoms with Gasteiger partial charge >= 0.3 is 0 Å². The van der Waals surface area contributed by atoms with Gasteiger partial charge in [0.25, 0.3) is 5.91 Å². The van der Waals surface area contributed by atoms with Crippen molar-refractivity contribution in [1.29, 1.82) is 0 Å². The van der Waals surface area contributed by atoms with Crippen LogP contribution >= 0.6 is 0 Å². The maximum absolute atomic E-state index is 12.2. The second-order valence-corrected chi connectivity index (χ2v) is 5.72. The highest BCUT2D eigenvalue weighted by molar-refractivity contribution is 5.97. The number of amides is 2. The molecule has 1 aromatic carbocycles. The van der Waals surface area contributed by atoms with E-state index < -0.39 is 5.91 Å². The third-order valence-electron chi connectivity index (χ3n) is 4.24. The Balaban J connectivity index is 1.62. The topological polar surface area (TPSA) is 84.2 Å². The Kier molecular flexibility index (Phi) is 3.44. The highest BCUT2D eigenvalue weighted by Gasteiger charge is 2.34. The molecule has 2 heterocycles. The lowest BCUT2D eigenvalue weighted by Gasteiger charge is -2.29. The van der Waals surface area contributed by atoms with Crippen LogP contribution in [0.5, 0.6) is 0 Å². The fraction of sp³-hybridized carbons (Fsp3) is 0.467. The summed E-state index contributed by atoms with van der Waals surface area (Å²) in [4.78, 5) is 23.2. The van der Waals surface area contributed by atoms with E-state index >= 15 is 0 Å². The number of primary amides is 1. The van der Waals surface area contributed by atoms with E-state index in [2.05, 4.69) is 10.6 Å². The lowest BCUT2D eigenvalue weighted by Crippen LogP contribution is -2.48. The zero-order chi connectivity index (χ0) is 14.1. The van der Waals surface area contributed by atoms with Gasteiger partial charge in [-0.3, -0.25) is 9.59 Å². The number of nitrogens with two attached hydrogens (primary N) is 1. The molecule has 0 aliphatic carbocycles. The van der Waals surface area contributed by atoms with Crippen molar-refractivity contribution in [1.82, 2.24) is 10.6 Å². The van der Waals surface area contributed by atoms with Gasteiger partial charge < -0.3 is 16.4 Å². The van der Waals surface area contributed by atoms with Crippen LogP contribution in [-0.2, 0) is 0 Å². The van der Waals surface area contributed by atoms with E-state index in [9.17, 15) is 9.59 Å². The molecule has 3 rings (SSSR count). The number of nitrogens with one attached hydrogen (secondary N) is 2. The van der Waals surface area contributed by atoms with Crippen LogP contribution in [0.15, 0.2) is 24.3 Å². The van der Waals surface area contributed by atoms with Crippen LogP contribution in [0.4, 0.5) is 0 Å². The summed E-state index contributed by atoms with van der Waals surface area (Å²) in [7, 11) is 0. The minimum atomic E-state index is -0.480. The van der Waals surface area contributed by atoms with E-state index in [1.807, 2.05) is 0 Å². The number of fused-ring (bicyclic) bond motifs is 2. The number of hydrogen-bond acceptors (Lipinski definition) is 3. The second-order valence-electron chi connectivity index (χ2n) is 5.72. The van der Waals surface area contributed by atoms with Gasteiger partial charge in [0.1, 0.15) is 0 Å². The third kappa shape index (κ3) is 2.67. The summed E-state index contributed by atoms with van der Waals surface area (Å²) in [6.45, 7) is 0. The Morgan fingerprint density at radius 1 is 1.05 bits per heavy atom. The summed E-state index contributed by atoms with van der Waals surface area (Å²) in [6.07, 6.45) is 4.43. The van der Waals surface area contributed by atoms with Crippen LogP contribution in [0.1, 0.15) is 46.4 Å². The summed E-state index contributed by atoms with van der Waals surface area (Å²) in [5.74, 6) is -0.556. The maximum Gasteiger partial charge on any atom is 0.251 e. The van der Waals surface area contributed by atoms with Crippen molar-refractivity contribution in [3.05, 3.63) is 35.4 Å². The molecule has 0 radical (unpaired) electrons. The van der Waals surface area contributed by atoms with Gasteiger partial charge in [0.05, 0.1) is 0 Å². The van der Waals surface area contributed by atoms with Crippen molar-refractivity contribution >= 4 is 11.8 Å². The molecule has 5 nitrogen and oxygen atoms in total. The van der Waals surface area contributed by atoms with Crippen molar-refractivity contribution in [2.75, 3.05) is 0 Å². The number of piperidine rings is 1. The Labute approximate surface area is 117 Å². The van der Waals surface area contributed by atoms with Crippen molar-refractivity contribution in [2.45, 2.75) is 43.8 Å². The van der Waals surface area contributed by atoms with Crippen LogP contribution < -0.4 is 16.4 Å². The predicted molar refractivity (Wildman–Crippen MR) is 75.4 cm³/mol. The molecule has 0 aromatic heterocycles. The average molecular weight is 273 g/mol. The largest absolute Gasteiger partial charge is 0.366 e. The van der Waals surface area contributed by atoms with Crippen LogP contribution in [0.25, 0.3) is 0 Å². The number of rotatable bonds is 3. The Hall–Kier alpha value is -1.88. The lowest BCUT2D eigenvalue weighted by atomic mass is 9.99. The molecule has 2 aliphatic heterocycles. The van der Waals surface area contributed by atoms with Gasteiger partial charge in [-0.15, -0.1) is 0 Å². The van der Waals surface area contributed by atoms with E-state index in [0.29, 0.717) is 23.2 Å². The summed E-state index contributed by atoms with van der Waals surface area (Å²) >= 11 is 0. The van der Waals surface area contributed by atoms with Crippen molar-refractivity contribution in [3.8, 4) is 0 Å². The molecule has 2 amide bonds. The molecular formula is C15H19N3O2. The highest BCUT2D eigenvalue weighted by atomic mass is 16.2. The van der Waals surface area contributed by atoms with Crippen molar-refractivity contribution < 1.29 is 9.59 Å². The third-order valence-corrected chi connectivity index (χ3v) is 4.24. The number of carbonyl (C=O) groups excluding carboxylic acids is 2. The van der Waals surface area contributed by atoms with Crippen LogP contribution in [0.3, 0.4) is 0 Å². The summed E-state index contributed by atoms with van der Waals surface area (Å²) < 4.78 is 0. The maximum atomic E-state index is 12.2. The van der Waals surface area contributed by atoms with Gasteiger partial charge in [0.15, 0.2) is 0 Å². The molecule has 1 aromatic rings. The molecule has 2 atom stereocenters. The minimum absolute atomic E-state index is 0.0766. The molecular weight excluding hydrogens is 254 g/mol. The molecule has 106 valence electrons. The normalized spacial score (nSPS) is 28.1. The molecule has 2 aliphatic rings. The zero-order valence-electron chi connectivity index (χ0n) is 11.3. The van der Waals surface area contributed by atoms with Gasteiger partial charge in [-0.1, -0.05) is 0 Å². The van der Waals surface area contributed by atoms with E-state index in [-0.39, 0.29) is 11.9 Å². The monoisotopic (exact) mass is 273 g/mol. The molecule has 2 bridgehead atoms. The molecule has 2 unspecified atom stereocenters. The fourth-order valence-corrected chi connectivity index (χ4v) is 3.23. The Morgan fingerprint density at radius 2 is 1.60 bits per heavy atom. The van der Waals surface area contributed by atoms with Gasteiger partial charge in [-0.05, 0) is 49.9 Å². The summed E-state index contributed by atoms with van der Waals surface area (Å²) in [5, 5.41) is 6.64.